The molecule has 0 atom stereocenters. The lowest BCUT2D eigenvalue weighted by atomic mass is 10.1. The van der Waals surface area contributed by atoms with E-state index in [9.17, 15) is 13.9 Å². The van der Waals surface area contributed by atoms with Gasteiger partial charge < -0.3 is 10.0 Å². The lowest BCUT2D eigenvalue weighted by molar-refractivity contribution is 0.188. The highest BCUT2D eigenvalue weighted by Crippen LogP contribution is 2.33. The van der Waals surface area contributed by atoms with E-state index in [0.29, 0.717) is 23.4 Å². The summed E-state index contributed by atoms with van der Waals surface area (Å²) < 4.78 is 29.9. The van der Waals surface area contributed by atoms with Gasteiger partial charge in [-0.05, 0) is 24.6 Å². The second kappa shape index (κ2) is 8.88. The number of β-amino-alcohol motifs (C(OH)–C–C–N with tert-alkyl or cyclic N) is 1. The number of halogens is 2. The molecule has 1 aliphatic heterocycles. The van der Waals surface area contributed by atoms with Crippen LogP contribution in [0.4, 0.5) is 14.6 Å². The molecule has 2 aromatic heterocycles. The van der Waals surface area contributed by atoms with Crippen molar-refractivity contribution in [2.45, 2.75) is 6.92 Å². The number of aromatic nitrogens is 3. The van der Waals surface area contributed by atoms with Crippen LogP contribution in [0.15, 0.2) is 54.6 Å². The Balaban J connectivity index is 1.68. The average Bonchev–Trinajstić information content (AvgIpc) is 3.15. The predicted molar refractivity (Wildman–Crippen MR) is 124 cm³/mol. The van der Waals surface area contributed by atoms with E-state index in [0.717, 1.165) is 54.9 Å². The first-order chi connectivity index (χ1) is 16.0. The summed E-state index contributed by atoms with van der Waals surface area (Å²) in [4.78, 5) is 9.24. The smallest absolute Gasteiger partial charge is 0.166 e. The van der Waals surface area contributed by atoms with E-state index in [4.69, 9.17) is 10.1 Å². The van der Waals surface area contributed by atoms with Crippen LogP contribution in [0.25, 0.3) is 28.0 Å². The standard InChI is InChI=1S/C25H25F2N5O/c1-17-24(18-5-3-2-4-6-18)25-28-22(19-13-20(26)15-21(27)14-19)16-23(32(25)29-17)31-9-7-30(8-10-31)11-12-33/h2-6,13-16,33H,7-12H2,1H3. The molecule has 0 aliphatic carbocycles. The van der Waals surface area contributed by atoms with Gasteiger partial charge in [-0.15, -0.1) is 0 Å². The number of nitrogens with zero attached hydrogens (tertiary/aromatic N) is 5. The van der Waals surface area contributed by atoms with Gasteiger partial charge in [0.2, 0.25) is 0 Å². The molecule has 2 aromatic carbocycles. The van der Waals surface area contributed by atoms with Crippen molar-refractivity contribution in [1.82, 2.24) is 19.5 Å². The van der Waals surface area contributed by atoms with E-state index in [-0.39, 0.29) is 6.61 Å². The van der Waals surface area contributed by atoms with Crippen LogP contribution < -0.4 is 4.90 Å². The van der Waals surface area contributed by atoms with Gasteiger partial charge in [0.15, 0.2) is 5.65 Å². The fourth-order valence-electron chi connectivity index (χ4n) is 4.47. The molecule has 0 spiro atoms. The maximum Gasteiger partial charge on any atom is 0.166 e. The topological polar surface area (TPSA) is 56.9 Å². The van der Waals surface area contributed by atoms with Crippen molar-refractivity contribution in [2.24, 2.45) is 0 Å². The van der Waals surface area contributed by atoms with Gasteiger partial charge in [-0.2, -0.15) is 9.61 Å². The van der Waals surface area contributed by atoms with Crippen molar-refractivity contribution in [1.29, 1.82) is 0 Å². The molecule has 1 saturated heterocycles. The quantitative estimate of drug-likeness (QED) is 0.503. The number of anilines is 1. The third kappa shape index (κ3) is 4.19. The molecule has 3 heterocycles. The van der Waals surface area contributed by atoms with Crippen LogP contribution in [-0.4, -0.2) is 63.9 Å². The SMILES string of the molecule is Cc1nn2c(N3CCN(CCO)CC3)cc(-c3cc(F)cc(F)c3)nc2c1-c1ccccc1. The van der Waals surface area contributed by atoms with Crippen LogP contribution in [0.1, 0.15) is 5.69 Å². The minimum atomic E-state index is -0.640. The van der Waals surface area contributed by atoms with Crippen LogP contribution in [0.3, 0.4) is 0 Å². The number of rotatable bonds is 5. The molecule has 5 rings (SSSR count). The second-order valence-electron chi connectivity index (χ2n) is 8.27. The first-order valence-corrected chi connectivity index (χ1v) is 11.0. The Morgan fingerprint density at radius 3 is 2.27 bits per heavy atom. The Kier molecular flexibility index (Phi) is 5.78. The van der Waals surface area contributed by atoms with E-state index in [1.54, 1.807) is 0 Å². The van der Waals surface area contributed by atoms with Gasteiger partial charge in [-0.25, -0.2) is 13.8 Å². The van der Waals surface area contributed by atoms with Crippen LogP contribution in [0.2, 0.25) is 0 Å². The minimum absolute atomic E-state index is 0.133. The van der Waals surface area contributed by atoms with Crippen molar-refractivity contribution in [3.05, 3.63) is 71.9 Å². The summed E-state index contributed by atoms with van der Waals surface area (Å²) in [7, 11) is 0. The third-order valence-corrected chi connectivity index (χ3v) is 6.08. The molecule has 8 heteroatoms. The van der Waals surface area contributed by atoms with E-state index in [2.05, 4.69) is 9.80 Å². The summed E-state index contributed by atoms with van der Waals surface area (Å²) in [6.07, 6.45) is 0. The number of piperazine rings is 1. The molecule has 1 fully saturated rings. The van der Waals surface area contributed by atoms with Crippen LogP contribution in [-0.2, 0) is 0 Å². The summed E-state index contributed by atoms with van der Waals surface area (Å²) in [6, 6.07) is 15.2. The van der Waals surface area contributed by atoms with Crippen LogP contribution >= 0.6 is 0 Å². The van der Waals surface area contributed by atoms with Gasteiger partial charge in [-0.3, -0.25) is 4.90 Å². The number of fused-ring (bicyclic) bond motifs is 1. The normalized spacial score (nSPS) is 14.8. The molecule has 33 heavy (non-hydrogen) atoms. The minimum Gasteiger partial charge on any atom is -0.395 e. The maximum atomic E-state index is 14.0. The molecule has 1 aliphatic rings. The molecule has 0 radical (unpaired) electrons. The summed E-state index contributed by atoms with van der Waals surface area (Å²) in [5, 5.41) is 14.1. The molecule has 1 N–H and O–H groups in total. The first-order valence-electron chi connectivity index (χ1n) is 11.0. The summed E-state index contributed by atoms with van der Waals surface area (Å²) in [5.74, 6) is -0.453. The van der Waals surface area contributed by atoms with Crippen molar-refractivity contribution in [3.8, 4) is 22.4 Å². The van der Waals surface area contributed by atoms with Gasteiger partial charge in [0.25, 0.3) is 0 Å². The largest absolute Gasteiger partial charge is 0.395 e. The summed E-state index contributed by atoms with van der Waals surface area (Å²) in [6.45, 7) is 5.83. The Bertz CT molecular complexity index is 1260. The molecule has 0 bridgehead atoms. The van der Waals surface area contributed by atoms with Crippen molar-refractivity contribution >= 4 is 11.5 Å². The molecule has 4 aromatic rings. The highest BCUT2D eigenvalue weighted by molar-refractivity contribution is 5.82. The Hall–Kier alpha value is -3.36. The summed E-state index contributed by atoms with van der Waals surface area (Å²) in [5.41, 5.74) is 4.23. The number of aliphatic hydroxyl groups excluding tert-OH is 1. The van der Waals surface area contributed by atoms with Gasteiger partial charge in [0.05, 0.1) is 18.0 Å². The fourth-order valence-corrected chi connectivity index (χ4v) is 4.47. The number of aliphatic hydroxyl groups is 1. The number of hydrogen-bond acceptors (Lipinski definition) is 5. The highest BCUT2D eigenvalue weighted by Gasteiger charge is 2.23. The highest BCUT2D eigenvalue weighted by atomic mass is 19.1. The summed E-state index contributed by atoms with van der Waals surface area (Å²) >= 11 is 0. The van der Waals surface area contributed by atoms with Gasteiger partial charge in [-0.1, -0.05) is 30.3 Å². The molecule has 170 valence electrons. The zero-order valence-electron chi connectivity index (χ0n) is 18.4. The monoisotopic (exact) mass is 449 g/mol. The first kappa shape index (κ1) is 21.5. The molecular formula is C25H25F2N5O. The van der Waals surface area contributed by atoms with Gasteiger partial charge >= 0.3 is 0 Å². The lowest BCUT2D eigenvalue weighted by Crippen LogP contribution is -2.47. The van der Waals surface area contributed by atoms with Crippen LogP contribution in [0.5, 0.6) is 0 Å². The van der Waals surface area contributed by atoms with E-state index in [1.807, 2.05) is 47.8 Å². The van der Waals surface area contributed by atoms with E-state index < -0.39 is 11.6 Å². The third-order valence-electron chi connectivity index (χ3n) is 6.08. The van der Waals surface area contributed by atoms with Crippen molar-refractivity contribution in [3.63, 3.8) is 0 Å². The lowest BCUT2D eigenvalue weighted by Gasteiger charge is -2.35. The van der Waals surface area contributed by atoms with E-state index >= 15 is 0 Å². The zero-order valence-corrected chi connectivity index (χ0v) is 18.4. The Morgan fingerprint density at radius 1 is 0.909 bits per heavy atom. The molecule has 0 amide bonds. The molecule has 0 saturated carbocycles. The molecule has 6 nitrogen and oxygen atoms in total. The maximum absolute atomic E-state index is 14.0. The number of benzene rings is 2. The zero-order chi connectivity index (χ0) is 22.9. The average molecular weight is 450 g/mol. The van der Waals surface area contributed by atoms with Gasteiger partial charge in [0, 0.05) is 56.0 Å². The number of aryl methyl sites for hydroxylation is 1. The molecular weight excluding hydrogens is 424 g/mol. The van der Waals surface area contributed by atoms with Crippen molar-refractivity contribution in [2.75, 3.05) is 44.2 Å². The van der Waals surface area contributed by atoms with Crippen molar-refractivity contribution < 1.29 is 13.9 Å². The fraction of sp³-hybridized carbons (Fsp3) is 0.280. The van der Waals surface area contributed by atoms with E-state index in [1.165, 1.54) is 12.1 Å². The second-order valence-corrected chi connectivity index (χ2v) is 8.27. The Labute approximate surface area is 190 Å². The number of hydrogen-bond donors (Lipinski definition) is 1. The van der Waals surface area contributed by atoms with Crippen LogP contribution in [0, 0.1) is 18.6 Å². The molecule has 0 unspecified atom stereocenters. The predicted octanol–water partition coefficient (Wildman–Crippen LogP) is 3.76. The Morgan fingerprint density at radius 2 is 1.61 bits per heavy atom. The van der Waals surface area contributed by atoms with Gasteiger partial charge in [0.1, 0.15) is 17.5 Å².